The van der Waals surface area contributed by atoms with E-state index in [-0.39, 0.29) is 49.6 Å². The fourth-order valence-corrected chi connectivity index (χ4v) is 15.4. The van der Waals surface area contributed by atoms with Gasteiger partial charge < -0.3 is 38.9 Å². The van der Waals surface area contributed by atoms with Crippen LogP contribution in [0.1, 0.15) is 208 Å². The predicted molar refractivity (Wildman–Crippen MR) is 413 cm³/mol. The molecule has 0 amide bonds. The highest BCUT2D eigenvalue weighted by atomic mass is 16.5. The van der Waals surface area contributed by atoms with Gasteiger partial charge in [-0.05, 0) is 255 Å². The van der Waals surface area contributed by atoms with E-state index < -0.39 is 0 Å². The zero-order chi connectivity index (χ0) is 72.5. The highest BCUT2D eigenvalue weighted by Gasteiger charge is 2.28. The minimum absolute atomic E-state index is 0.198. The lowest BCUT2D eigenvalue weighted by molar-refractivity contribution is -0.141. The van der Waals surface area contributed by atoms with Crippen molar-refractivity contribution in [3.8, 4) is 22.3 Å². The molecule has 102 heavy (non-hydrogen) atoms. The van der Waals surface area contributed by atoms with Crippen molar-refractivity contribution in [2.75, 3.05) is 28.4 Å². The van der Waals surface area contributed by atoms with Gasteiger partial charge in [-0.2, -0.15) is 0 Å². The minimum Gasteiger partial charge on any atom is -0.469 e. The van der Waals surface area contributed by atoms with Gasteiger partial charge in [-0.1, -0.05) is 88.4 Å². The second-order valence-corrected chi connectivity index (χ2v) is 26.9. The maximum atomic E-state index is 12.7. The molecule has 4 aliphatic rings. The molecular formula is C86H92N8O8. The van der Waals surface area contributed by atoms with Crippen molar-refractivity contribution >= 4 is 125 Å². The Balaban J connectivity index is 0.986. The number of allylic oxidation sites excluding steroid dienone is 8. The number of esters is 4. The van der Waals surface area contributed by atoms with E-state index in [0.717, 1.165) is 227 Å². The number of ether oxygens (including phenoxy) is 4. The van der Waals surface area contributed by atoms with E-state index in [1.807, 2.05) is 0 Å². The summed E-state index contributed by atoms with van der Waals surface area (Å²) in [7, 11) is 5.66. The zero-order valence-corrected chi connectivity index (χ0v) is 61.8. The van der Waals surface area contributed by atoms with Gasteiger partial charge in [0.1, 0.15) is 0 Å². The number of hydrogen-bond acceptors (Lipinski definition) is 12. The number of benzene rings is 2. The molecule has 0 unspecified atom stereocenters. The van der Waals surface area contributed by atoms with Gasteiger partial charge >= 0.3 is 23.9 Å². The third-order valence-electron chi connectivity index (χ3n) is 21.4. The van der Waals surface area contributed by atoms with Gasteiger partial charge in [-0.15, -0.1) is 0 Å². The summed E-state index contributed by atoms with van der Waals surface area (Å²) in [5.41, 5.74) is 37.0. The molecule has 0 atom stereocenters. The fourth-order valence-electron chi connectivity index (χ4n) is 15.4. The van der Waals surface area contributed by atoms with Crippen LogP contribution in [0.25, 0.3) is 123 Å². The molecule has 10 heterocycles. The van der Waals surface area contributed by atoms with Gasteiger partial charge in [-0.25, -0.2) is 19.9 Å². The lowest BCUT2D eigenvalue weighted by Gasteiger charge is -2.09. The Labute approximate surface area is 596 Å². The van der Waals surface area contributed by atoms with E-state index >= 15 is 0 Å². The first-order valence-electron chi connectivity index (χ1n) is 35.6. The summed E-state index contributed by atoms with van der Waals surface area (Å²) in [5.74, 6) is -1.17. The topological polar surface area (TPSA) is 220 Å². The van der Waals surface area contributed by atoms with Crippen LogP contribution in [-0.2, 0) is 63.8 Å². The summed E-state index contributed by atoms with van der Waals surface area (Å²) in [6.45, 7) is 25.8. The van der Waals surface area contributed by atoms with Crippen LogP contribution >= 0.6 is 0 Å². The fraction of sp³-hybridized carbons (Fsp3) is 0.326. The molecule has 16 nitrogen and oxygen atoms in total. The Morgan fingerprint density at radius 2 is 0.657 bits per heavy atom. The molecule has 8 aromatic rings. The van der Waals surface area contributed by atoms with Crippen LogP contribution in [0.5, 0.6) is 0 Å². The van der Waals surface area contributed by atoms with E-state index in [1.54, 1.807) is 0 Å². The third kappa shape index (κ3) is 13.6. The number of rotatable bonds is 20. The number of H-pyrrole nitrogens is 4. The van der Waals surface area contributed by atoms with Crippen LogP contribution in [0, 0.1) is 27.7 Å². The number of methoxy groups -OCH3 is 4. The SMILES string of the molecule is CCC1=C(C)c2nc1cc1[nH]c(cc3nc(cc4[nH]c(c(C)c4CC)c2-c2ccc(/C=C/c4ccc(-c5c6nc(cc7[nH]c(cc8nc(cc9[nH]c5c(C)c9CC)C(C)=C8CCC(=O)OC)c(CCC(=O)OC)c7C)C(CC)=C6C)cc4)cc2)C(C)=C3CCC(=O)OC)c(CCC(=O)OC)c1C. The van der Waals surface area contributed by atoms with Crippen LogP contribution < -0.4 is 0 Å². The average Bonchev–Trinajstić information content (AvgIpc) is 1.60. The molecule has 0 radical (unpaired) electrons. The van der Waals surface area contributed by atoms with Gasteiger partial charge in [0.2, 0.25) is 0 Å². The highest BCUT2D eigenvalue weighted by molar-refractivity contribution is 6.04. The largest absolute Gasteiger partial charge is 0.469 e. The van der Waals surface area contributed by atoms with Crippen molar-refractivity contribution in [3.05, 3.63) is 186 Å². The van der Waals surface area contributed by atoms with E-state index in [1.165, 1.54) is 39.6 Å². The van der Waals surface area contributed by atoms with Crippen molar-refractivity contribution in [2.24, 2.45) is 0 Å². The first-order valence-corrected chi connectivity index (χ1v) is 35.6. The first-order chi connectivity index (χ1) is 49.1. The Morgan fingerprint density at radius 1 is 0.343 bits per heavy atom. The smallest absolute Gasteiger partial charge is 0.305 e. The highest BCUT2D eigenvalue weighted by Crippen LogP contribution is 2.45. The Morgan fingerprint density at radius 3 is 0.990 bits per heavy atom. The van der Waals surface area contributed by atoms with E-state index in [0.29, 0.717) is 25.7 Å². The summed E-state index contributed by atoms with van der Waals surface area (Å²) in [5, 5.41) is 0. The predicted octanol–water partition coefficient (Wildman–Crippen LogP) is 19.5. The summed E-state index contributed by atoms with van der Waals surface area (Å²) in [4.78, 5) is 88.0. The maximum absolute atomic E-state index is 12.7. The van der Waals surface area contributed by atoms with Gasteiger partial charge in [0.15, 0.2) is 0 Å². The monoisotopic (exact) mass is 1360 g/mol. The summed E-state index contributed by atoms with van der Waals surface area (Å²) in [6.07, 6.45) is 9.95. The Hall–Kier alpha value is -10.7. The van der Waals surface area contributed by atoms with Crippen LogP contribution in [0.3, 0.4) is 0 Å². The molecule has 524 valence electrons. The van der Waals surface area contributed by atoms with Crippen molar-refractivity contribution < 1.29 is 38.1 Å². The van der Waals surface area contributed by atoms with Crippen LogP contribution in [0.4, 0.5) is 0 Å². The molecule has 0 fully saturated rings. The maximum Gasteiger partial charge on any atom is 0.305 e. The number of carbonyl (C=O) groups excluding carboxylic acids is 4. The second-order valence-electron chi connectivity index (χ2n) is 26.9. The first kappa shape index (κ1) is 71.1. The number of carbonyl (C=O) groups is 4. The van der Waals surface area contributed by atoms with Gasteiger partial charge in [0.05, 0.1) is 85.0 Å². The normalized spacial score (nSPS) is 13.1. The van der Waals surface area contributed by atoms with E-state index in [9.17, 15) is 19.2 Å². The van der Waals surface area contributed by atoms with Crippen LogP contribution in [0.2, 0.25) is 0 Å². The number of aromatic amines is 4. The van der Waals surface area contributed by atoms with Crippen molar-refractivity contribution in [1.29, 1.82) is 0 Å². The standard InChI is InChI=1S/C86H92N8O8/c1-17-57-49(9)83-81(84-50(10)58(18-2)70(92-84)40-66-46(6)62(32-36-78(96)100-14)74(88-66)43-73-61(31-35-77(95)99-13)45(5)65(87-73)39-69(57)91-83)55-27-23-53(24-28-55)21-22-54-25-29-56(30-26-54)82-85-51(11)59(19-3)71(93-85)41-67-47(7)63(33-37-79(97)101-15)75(89-67)44-76-64(34-38-80(98)102-16)48(8)68(90-76)42-72-60(20-4)52(12)86(82)94-72/h21-30,39-44,87,89,92,94H,17-20,31-38H2,1-16H3/b22-21+,65-39?,66-40?,67-41?,68-42?,69-39?,70-40?,71-41?,72-42?,73-43?,74-43?,75-44?,76-44?,83-81?,84-81?,85-82?,86-82?. The zero-order valence-electron chi connectivity index (χ0n) is 61.8. The molecule has 16 heteroatoms. The van der Waals surface area contributed by atoms with Crippen LogP contribution in [-0.4, -0.2) is 92.2 Å². The number of aryl methyl sites for hydroxylation is 8. The number of fused-ring (bicyclic) bond motifs is 16. The van der Waals surface area contributed by atoms with Gasteiger partial charge in [0.25, 0.3) is 0 Å². The molecule has 4 aliphatic heterocycles. The molecular weight excluding hydrogens is 1270 g/mol. The number of nitrogens with zero attached hydrogens (tertiary/aromatic N) is 4. The molecule has 12 rings (SSSR count). The molecule has 0 saturated carbocycles. The second kappa shape index (κ2) is 29.8. The van der Waals surface area contributed by atoms with E-state index in [4.69, 9.17) is 38.9 Å². The third-order valence-corrected chi connectivity index (χ3v) is 21.4. The molecule has 6 aromatic heterocycles. The summed E-state index contributed by atoms with van der Waals surface area (Å²) in [6, 6.07) is 30.2. The summed E-state index contributed by atoms with van der Waals surface area (Å²) < 4.78 is 20.5. The molecule has 0 saturated heterocycles. The van der Waals surface area contributed by atoms with Gasteiger partial charge in [0, 0.05) is 69.9 Å². The Bertz CT molecular complexity index is 4980. The van der Waals surface area contributed by atoms with Crippen molar-refractivity contribution in [3.63, 3.8) is 0 Å². The quantitative estimate of drug-likeness (QED) is 0.0318. The lowest BCUT2D eigenvalue weighted by atomic mass is 9.94. The van der Waals surface area contributed by atoms with E-state index in [2.05, 4.69) is 200 Å². The number of hydrogen-bond donors (Lipinski definition) is 4. The van der Waals surface area contributed by atoms with Crippen LogP contribution in [0.15, 0.2) is 84.9 Å². The summed E-state index contributed by atoms with van der Waals surface area (Å²) >= 11 is 0. The minimum atomic E-state index is -0.294. The number of nitrogens with one attached hydrogen (secondary N) is 4. The van der Waals surface area contributed by atoms with Crippen molar-refractivity contribution in [1.82, 2.24) is 39.9 Å². The van der Waals surface area contributed by atoms with Gasteiger partial charge in [-0.3, -0.25) is 19.2 Å². The lowest BCUT2D eigenvalue weighted by Crippen LogP contribution is -2.02. The van der Waals surface area contributed by atoms with Crippen molar-refractivity contribution in [2.45, 2.75) is 160 Å². The molecule has 2 aromatic carbocycles. The number of aromatic nitrogens is 8. The Kier molecular flexibility index (Phi) is 20.8. The average molecular weight is 1370 g/mol. The molecule has 16 bridgehead atoms. The molecule has 0 spiro atoms. The molecule has 4 N–H and O–H groups in total. The molecule has 0 aliphatic carbocycles.